The van der Waals surface area contributed by atoms with Gasteiger partial charge in [-0.3, -0.25) is 0 Å². The molecule has 5 heteroatoms. The smallest absolute Gasteiger partial charge is 0.164 e. The average molecular weight is 627 g/mol. The molecule has 9 rings (SSSR count). The summed E-state index contributed by atoms with van der Waals surface area (Å²) in [5.41, 5.74) is 9.27. The summed E-state index contributed by atoms with van der Waals surface area (Å²) >= 11 is 0. The second kappa shape index (κ2) is 11.7. The Morgan fingerprint density at radius 2 is 0.980 bits per heavy atom. The average Bonchev–Trinajstić information content (AvgIpc) is 3.57. The lowest BCUT2D eigenvalue weighted by atomic mass is 9.95. The maximum absolute atomic E-state index is 9.17. The Bertz CT molecular complexity index is 2690. The molecule has 0 aliphatic rings. The predicted octanol–water partition coefficient (Wildman–Crippen LogP) is 11.1. The van der Waals surface area contributed by atoms with E-state index in [-0.39, 0.29) is 0 Å². The molecule has 0 aliphatic heterocycles. The molecule has 0 atom stereocenters. The first-order valence-electron chi connectivity index (χ1n) is 16.1. The van der Waals surface area contributed by atoms with Crippen molar-refractivity contribution in [2.75, 3.05) is 0 Å². The zero-order valence-electron chi connectivity index (χ0n) is 26.2. The van der Waals surface area contributed by atoms with E-state index >= 15 is 0 Å². The molecule has 0 bridgehead atoms. The summed E-state index contributed by atoms with van der Waals surface area (Å²) < 4.78 is 6.70. The molecule has 49 heavy (non-hydrogen) atoms. The lowest BCUT2D eigenvalue weighted by Gasteiger charge is -2.09. The minimum absolute atomic E-state index is 0.565. The normalized spacial score (nSPS) is 11.2. The number of benzene rings is 7. The molecule has 7 aromatic carbocycles. The molecule has 228 valence electrons. The molecule has 0 radical (unpaired) electrons. The third-order valence-electron chi connectivity index (χ3n) is 8.97. The number of furan rings is 1. The van der Waals surface area contributed by atoms with Gasteiger partial charge in [0.1, 0.15) is 11.2 Å². The van der Waals surface area contributed by atoms with Crippen LogP contribution in [-0.4, -0.2) is 15.0 Å². The molecular formula is C44H26N4O. The van der Waals surface area contributed by atoms with Crippen LogP contribution in [0.25, 0.3) is 89.1 Å². The molecule has 0 aliphatic carbocycles. The molecule has 5 nitrogen and oxygen atoms in total. The van der Waals surface area contributed by atoms with Gasteiger partial charge in [-0.25, -0.2) is 15.0 Å². The second-order valence-electron chi connectivity index (χ2n) is 12.0. The van der Waals surface area contributed by atoms with Gasteiger partial charge >= 0.3 is 0 Å². The third-order valence-corrected chi connectivity index (χ3v) is 8.97. The van der Waals surface area contributed by atoms with Crippen molar-refractivity contribution in [1.82, 2.24) is 15.0 Å². The number of hydrogen-bond donors (Lipinski definition) is 0. The predicted molar refractivity (Wildman–Crippen MR) is 197 cm³/mol. The Morgan fingerprint density at radius 3 is 1.65 bits per heavy atom. The van der Waals surface area contributed by atoms with E-state index in [9.17, 15) is 5.26 Å². The van der Waals surface area contributed by atoms with Crippen LogP contribution in [0.2, 0.25) is 0 Å². The van der Waals surface area contributed by atoms with Gasteiger partial charge in [0.25, 0.3) is 0 Å². The van der Waals surface area contributed by atoms with Gasteiger partial charge in [-0.15, -0.1) is 0 Å². The van der Waals surface area contributed by atoms with E-state index in [2.05, 4.69) is 84.9 Å². The van der Waals surface area contributed by atoms with Gasteiger partial charge < -0.3 is 4.42 Å². The summed E-state index contributed by atoms with van der Waals surface area (Å²) in [6, 6.07) is 55.2. The highest BCUT2D eigenvalue weighted by molar-refractivity contribution is 6.21. The van der Waals surface area contributed by atoms with Gasteiger partial charge in [0, 0.05) is 32.8 Å². The minimum Gasteiger partial charge on any atom is -0.455 e. The molecule has 0 spiro atoms. The van der Waals surface area contributed by atoms with Crippen molar-refractivity contribution in [3.05, 3.63) is 163 Å². The number of hydrogen-bond acceptors (Lipinski definition) is 5. The van der Waals surface area contributed by atoms with Crippen molar-refractivity contribution in [2.24, 2.45) is 0 Å². The first-order chi connectivity index (χ1) is 24.2. The first kappa shape index (κ1) is 28.3. The molecule has 2 heterocycles. The Labute approximate surface area is 282 Å². The van der Waals surface area contributed by atoms with Gasteiger partial charge in [-0.05, 0) is 58.0 Å². The Morgan fingerprint density at radius 1 is 0.449 bits per heavy atom. The minimum atomic E-state index is 0.565. The van der Waals surface area contributed by atoms with E-state index < -0.39 is 0 Å². The van der Waals surface area contributed by atoms with Crippen LogP contribution in [0.5, 0.6) is 0 Å². The van der Waals surface area contributed by atoms with Crippen LogP contribution in [0.4, 0.5) is 0 Å². The Hall–Kier alpha value is -6.90. The monoisotopic (exact) mass is 626 g/mol. The highest BCUT2D eigenvalue weighted by Crippen LogP contribution is 2.42. The van der Waals surface area contributed by atoms with E-state index in [4.69, 9.17) is 19.4 Å². The zero-order valence-corrected chi connectivity index (χ0v) is 26.2. The van der Waals surface area contributed by atoms with E-state index in [0.717, 1.165) is 71.7 Å². The topological polar surface area (TPSA) is 75.6 Å². The van der Waals surface area contributed by atoms with Crippen molar-refractivity contribution in [1.29, 1.82) is 5.26 Å². The van der Waals surface area contributed by atoms with Crippen molar-refractivity contribution >= 4 is 32.7 Å². The second-order valence-corrected chi connectivity index (χ2v) is 12.0. The van der Waals surface area contributed by atoms with Crippen LogP contribution in [-0.2, 0) is 0 Å². The number of fused-ring (bicyclic) bond motifs is 5. The molecule has 0 saturated heterocycles. The van der Waals surface area contributed by atoms with Crippen molar-refractivity contribution in [3.8, 4) is 62.5 Å². The lowest BCUT2D eigenvalue weighted by Crippen LogP contribution is -2.00. The molecule has 0 saturated carbocycles. The molecule has 0 fully saturated rings. The molecule has 2 aromatic heterocycles. The van der Waals surface area contributed by atoms with Crippen molar-refractivity contribution < 1.29 is 4.42 Å². The summed E-state index contributed by atoms with van der Waals surface area (Å²) in [6.45, 7) is 0. The largest absolute Gasteiger partial charge is 0.455 e. The number of rotatable bonds is 5. The fourth-order valence-corrected chi connectivity index (χ4v) is 6.49. The fraction of sp³-hybridized carbons (Fsp3) is 0. The number of aromatic nitrogens is 3. The summed E-state index contributed by atoms with van der Waals surface area (Å²) in [5.74, 6) is 1.74. The summed E-state index contributed by atoms with van der Waals surface area (Å²) in [4.78, 5) is 14.9. The third kappa shape index (κ3) is 5.09. The highest BCUT2D eigenvalue weighted by Gasteiger charge is 2.18. The van der Waals surface area contributed by atoms with Crippen molar-refractivity contribution in [2.45, 2.75) is 0 Å². The molecule has 0 N–H and O–H groups in total. The molecular weight excluding hydrogens is 601 g/mol. The van der Waals surface area contributed by atoms with E-state index in [0.29, 0.717) is 23.0 Å². The summed E-state index contributed by atoms with van der Waals surface area (Å²) in [5, 5.41) is 13.5. The van der Waals surface area contributed by atoms with E-state index in [1.807, 2.05) is 78.9 Å². The Balaban J connectivity index is 1.19. The first-order valence-corrected chi connectivity index (χ1v) is 16.1. The summed E-state index contributed by atoms with van der Waals surface area (Å²) in [6.07, 6.45) is 0. The molecule has 0 amide bonds. The van der Waals surface area contributed by atoms with Gasteiger partial charge in [0.2, 0.25) is 0 Å². The highest BCUT2D eigenvalue weighted by atomic mass is 16.3. The quantitative estimate of drug-likeness (QED) is 0.190. The van der Waals surface area contributed by atoms with Crippen LogP contribution in [0.15, 0.2) is 162 Å². The maximum Gasteiger partial charge on any atom is 0.164 e. The lowest BCUT2D eigenvalue weighted by molar-refractivity contribution is 0.673. The number of nitriles is 1. The van der Waals surface area contributed by atoms with E-state index in [1.165, 1.54) is 0 Å². The van der Waals surface area contributed by atoms with Crippen LogP contribution in [0, 0.1) is 11.3 Å². The standard InChI is InChI=1S/C44H26N4O/c45-27-28-15-17-29(18-16-28)30-19-21-33(22-20-30)43-46-42(32-11-5-2-6-12-32)47-44(48-43)35-23-24-37-39(26-35)49-41-36-14-8-7-13-34(36)25-38(40(37)41)31-9-3-1-4-10-31/h1-26H. The fourth-order valence-electron chi connectivity index (χ4n) is 6.49. The van der Waals surface area contributed by atoms with Gasteiger partial charge in [-0.1, -0.05) is 127 Å². The molecule has 0 unspecified atom stereocenters. The van der Waals surface area contributed by atoms with Gasteiger partial charge in [0.05, 0.1) is 11.6 Å². The molecule has 9 aromatic rings. The Kier molecular flexibility index (Phi) is 6.78. The van der Waals surface area contributed by atoms with Crippen LogP contribution >= 0.6 is 0 Å². The SMILES string of the molecule is N#Cc1ccc(-c2ccc(-c3nc(-c4ccccc4)nc(-c4ccc5c(c4)oc4c6ccccc6cc(-c6ccccc6)c54)n3)cc2)cc1. The van der Waals surface area contributed by atoms with Crippen LogP contribution in [0.3, 0.4) is 0 Å². The van der Waals surface area contributed by atoms with E-state index in [1.54, 1.807) is 0 Å². The number of nitrogens with zero attached hydrogens (tertiary/aromatic N) is 4. The van der Waals surface area contributed by atoms with Crippen molar-refractivity contribution in [3.63, 3.8) is 0 Å². The maximum atomic E-state index is 9.17. The van der Waals surface area contributed by atoms with Crippen LogP contribution < -0.4 is 0 Å². The summed E-state index contributed by atoms with van der Waals surface area (Å²) in [7, 11) is 0. The van der Waals surface area contributed by atoms with Gasteiger partial charge in [0.15, 0.2) is 17.5 Å². The van der Waals surface area contributed by atoms with Gasteiger partial charge in [-0.2, -0.15) is 5.26 Å². The van der Waals surface area contributed by atoms with Crippen LogP contribution in [0.1, 0.15) is 5.56 Å². The zero-order chi connectivity index (χ0) is 32.7.